The summed E-state index contributed by atoms with van der Waals surface area (Å²) in [6.45, 7) is 3.57. The molecule has 0 radical (unpaired) electrons. The first-order chi connectivity index (χ1) is 23.1. The van der Waals surface area contributed by atoms with E-state index in [1.165, 1.54) is 43.1 Å². The average molecular weight is 677 g/mol. The number of aromatic nitrogens is 3. The highest BCUT2D eigenvalue weighted by molar-refractivity contribution is 6.23. The summed E-state index contributed by atoms with van der Waals surface area (Å²) in [4.78, 5) is 68.8. The van der Waals surface area contributed by atoms with Gasteiger partial charge in [0.15, 0.2) is 5.69 Å². The van der Waals surface area contributed by atoms with Crippen molar-refractivity contribution < 1.29 is 41.5 Å². The Morgan fingerprint density at radius 2 is 1.76 bits per heavy atom. The number of nitrogens with one attached hydrogen (secondary N) is 2. The zero-order valence-corrected chi connectivity index (χ0v) is 25.7. The lowest BCUT2D eigenvalue weighted by Gasteiger charge is -2.38. The van der Waals surface area contributed by atoms with Crippen LogP contribution < -0.4 is 15.5 Å². The zero-order chi connectivity index (χ0) is 35.4. The summed E-state index contributed by atoms with van der Waals surface area (Å²) < 4.78 is 56.3. The number of carbonyl (C=O) groups excluding carboxylic acids is 5. The smallest absolute Gasteiger partial charge is 0.367 e. The molecule has 49 heavy (non-hydrogen) atoms. The number of carbonyl (C=O) groups is 5. The minimum Gasteiger partial charge on any atom is -0.367 e. The predicted molar refractivity (Wildman–Crippen MR) is 160 cm³/mol. The summed E-state index contributed by atoms with van der Waals surface area (Å²) in [6.07, 6.45) is -1.08. The van der Waals surface area contributed by atoms with Crippen molar-refractivity contribution in [3.63, 3.8) is 0 Å². The Morgan fingerprint density at radius 3 is 2.41 bits per heavy atom. The van der Waals surface area contributed by atoms with E-state index < -0.39 is 64.4 Å². The van der Waals surface area contributed by atoms with Crippen LogP contribution in [0.25, 0.3) is 0 Å². The van der Waals surface area contributed by atoms with Gasteiger partial charge < -0.3 is 10.2 Å². The highest BCUT2D eigenvalue weighted by atomic mass is 19.4. The van der Waals surface area contributed by atoms with Gasteiger partial charge in [0, 0.05) is 25.7 Å². The van der Waals surface area contributed by atoms with E-state index in [2.05, 4.69) is 32.6 Å². The minimum atomic E-state index is -4.85. The number of benzene rings is 1. The first kappa shape index (κ1) is 32.8. The van der Waals surface area contributed by atoms with Crippen molar-refractivity contribution in [2.45, 2.75) is 44.4 Å². The topological polar surface area (TPSA) is 170 Å². The van der Waals surface area contributed by atoms with Gasteiger partial charge in [0.1, 0.15) is 23.5 Å². The zero-order valence-electron chi connectivity index (χ0n) is 25.7. The molecule has 3 aliphatic heterocycles. The van der Waals surface area contributed by atoms with Gasteiger partial charge in [-0.1, -0.05) is 11.8 Å². The average Bonchev–Trinajstić information content (AvgIpc) is 3.59. The molecule has 5 amide bonds. The van der Waals surface area contributed by atoms with Gasteiger partial charge in [0.25, 0.3) is 17.7 Å². The van der Waals surface area contributed by atoms with Gasteiger partial charge >= 0.3 is 6.18 Å². The number of pyridine rings is 1. The Hall–Kier alpha value is -6.10. The molecule has 6 rings (SSSR count). The molecule has 2 fully saturated rings. The summed E-state index contributed by atoms with van der Waals surface area (Å²) in [5.41, 5.74) is -3.43. The van der Waals surface area contributed by atoms with E-state index in [4.69, 9.17) is 5.26 Å². The Balaban J connectivity index is 1.10. The first-order valence-corrected chi connectivity index (χ1v) is 14.7. The quantitative estimate of drug-likeness (QED) is 0.234. The molecule has 1 atom stereocenters. The van der Waals surface area contributed by atoms with Crippen molar-refractivity contribution in [2.75, 3.05) is 23.3 Å². The molecule has 3 aliphatic rings. The van der Waals surface area contributed by atoms with Crippen LogP contribution in [0.1, 0.15) is 64.2 Å². The molecular weight excluding hydrogens is 652 g/mol. The Bertz CT molecular complexity index is 2070. The van der Waals surface area contributed by atoms with Crippen LogP contribution in [0.3, 0.4) is 0 Å². The molecule has 0 spiro atoms. The lowest BCUT2D eigenvalue weighted by Crippen LogP contribution is -2.54. The van der Waals surface area contributed by atoms with E-state index >= 15 is 4.39 Å². The maximum absolute atomic E-state index is 15.1. The molecule has 2 N–H and O–H groups in total. The van der Waals surface area contributed by atoms with Crippen LogP contribution in [-0.2, 0) is 26.1 Å². The molecule has 0 bridgehead atoms. The van der Waals surface area contributed by atoms with Crippen molar-refractivity contribution >= 4 is 40.9 Å². The molecule has 1 aromatic carbocycles. The van der Waals surface area contributed by atoms with E-state index in [1.807, 2.05) is 0 Å². The van der Waals surface area contributed by atoms with Crippen molar-refractivity contribution in [3.8, 4) is 17.9 Å². The van der Waals surface area contributed by atoms with Gasteiger partial charge in [0.05, 0.1) is 51.9 Å². The summed E-state index contributed by atoms with van der Waals surface area (Å²) in [5.74, 6) is 1.49. The van der Waals surface area contributed by atoms with E-state index in [-0.39, 0.29) is 41.3 Å². The fraction of sp³-hybridized carbons (Fsp3) is 0.312. The van der Waals surface area contributed by atoms with Crippen LogP contribution in [-0.4, -0.2) is 68.3 Å². The molecular formula is C32H24F4N8O5. The number of imide groups is 2. The second-order valence-electron chi connectivity index (χ2n) is 12.1. The molecule has 2 saturated heterocycles. The number of nitrogens with zero attached hydrogens (tertiary/aromatic N) is 6. The molecule has 1 unspecified atom stereocenters. The largest absolute Gasteiger partial charge is 0.419 e. The maximum atomic E-state index is 15.1. The number of fused-ring (bicyclic) bond motifs is 1. The molecule has 17 heteroatoms. The normalized spacial score (nSPS) is 17.9. The van der Waals surface area contributed by atoms with Gasteiger partial charge in [-0.25, -0.2) is 9.37 Å². The third-order valence-electron chi connectivity index (χ3n) is 8.42. The van der Waals surface area contributed by atoms with Gasteiger partial charge in [-0.05, 0) is 38.5 Å². The highest BCUT2D eigenvalue weighted by Gasteiger charge is 2.46. The summed E-state index contributed by atoms with van der Waals surface area (Å²) in [7, 11) is 0. The number of anilines is 2. The minimum absolute atomic E-state index is 0.0238. The van der Waals surface area contributed by atoms with E-state index in [0.717, 1.165) is 17.2 Å². The van der Waals surface area contributed by atoms with Crippen LogP contribution in [0.15, 0.2) is 36.8 Å². The number of alkyl halides is 3. The molecule has 250 valence electrons. The van der Waals surface area contributed by atoms with Crippen LogP contribution in [0.5, 0.6) is 0 Å². The summed E-state index contributed by atoms with van der Waals surface area (Å²) >= 11 is 0. The van der Waals surface area contributed by atoms with Crippen molar-refractivity contribution in [1.29, 1.82) is 5.26 Å². The molecule has 2 aromatic heterocycles. The lowest BCUT2D eigenvalue weighted by atomic mass is 9.98. The van der Waals surface area contributed by atoms with Gasteiger partial charge in [0.2, 0.25) is 11.8 Å². The molecule has 5 heterocycles. The van der Waals surface area contributed by atoms with E-state index in [1.54, 1.807) is 4.90 Å². The Morgan fingerprint density at radius 1 is 1.06 bits per heavy atom. The van der Waals surface area contributed by atoms with Crippen molar-refractivity contribution in [3.05, 3.63) is 70.6 Å². The fourth-order valence-electron chi connectivity index (χ4n) is 5.59. The first-order valence-electron chi connectivity index (χ1n) is 14.7. The van der Waals surface area contributed by atoms with Crippen LogP contribution in [0, 0.1) is 34.9 Å². The summed E-state index contributed by atoms with van der Waals surface area (Å²) in [6, 6.07) is 3.07. The number of rotatable bonds is 5. The van der Waals surface area contributed by atoms with Crippen molar-refractivity contribution in [2.24, 2.45) is 5.92 Å². The fourth-order valence-corrected chi connectivity index (χ4v) is 5.59. The molecule has 0 saturated carbocycles. The number of hydrogen-bond acceptors (Lipinski definition) is 9. The predicted octanol–water partition coefficient (Wildman–Crippen LogP) is 2.57. The van der Waals surface area contributed by atoms with Crippen LogP contribution in [0.2, 0.25) is 0 Å². The second-order valence-corrected chi connectivity index (χ2v) is 12.1. The van der Waals surface area contributed by atoms with Gasteiger partial charge in [-0.3, -0.25) is 38.9 Å². The van der Waals surface area contributed by atoms with E-state index in [0.29, 0.717) is 24.7 Å². The van der Waals surface area contributed by atoms with Crippen LogP contribution >= 0.6 is 0 Å². The highest BCUT2D eigenvalue weighted by Crippen LogP contribution is 2.35. The third-order valence-corrected chi connectivity index (χ3v) is 8.42. The van der Waals surface area contributed by atoms with Crippen molar-refractivity contribution in [1.82, 2.24) is 25.0 Å². The summed E-state index contributed by atoms with van der Waals surface area (Å²) in [5, 5.41) is 17.6. The number of piperidine rings is 1. The molecule has 3 aromatic rings. The maximum Gasteiger partial charge on any atom is 0.419 e. The molecule has 13 nitrogen and oxygen atoms in total. The Labute approximate surface area is 274 Å². The third kappa shape index (κ3) is 5.95. The number of nitriles is 1. The van der Waals surface area contributed by atoms with E-state index in [9.17, 15) is 37.1 Å². The SMILES string of the molecule is CC(C)(C(=O)Nc1cnc(C#N)c(C(F)(F)F)c1)n1cc(C#CC2CN(c3cc4c(cc3F)C(=O)N(C3CCC(=O)NC3=O)C4=O)C2)cn1. The standard InChI is InChI=1S/C32H24F4N8O5/c1-31(2,30(49)40-18-7-21(32(34,35)36)23(10-37)38-12-18)43-15-16(11-39-43)3-4-17-13-42(14-17)25-9-20-19(8-22(25)33)28(47)44(29(20)48)24-5-6-26(45)41-27(24)46/h7-9,11-12,15,17,24H,5-6,13-14H2,1-2H3,(H,40,49)(H,41,45,46). The number of hydrogen-bond donors (Lipinski definition) is 2. The Kier molecular flexibility index (Phi) is 7.94. The van der Waals surface area contributed by atoms with Gasteiger partial charge in [-0.15, -0.1) is 0 Å². The van der Waals surface area contributed by atoms with Gasteiger partial charge in [-0.2, -0.15) is 23.5 Å². The number of amides is 5. The second kappa shape index (κ2) is 11.9. The monoisotopic (exact) mass is 676 g/mol. The number of halogens is 4. The van der Waals surface area contributed by atoms with Crippen LogP contribution in [0.4, 0.5) is 28.9 Å². The molecule has 0 aliphatic carbocycles. The lowest BCUT2D eigenvalue weighted by molar-refractivity contribution is -0.138.